The van der Waals surface area contributed by atoms with Crippen LogP contribution in [0.25, 0.3) is 0 Å². The fourth-order valence-electron chi connectivity index (χ4n) is 3.13. The molecule has 1 heterocycles. The van der Waals surface area contributed by atoms with E-state index in [9.17, 15) is 13.2 Å². The standard InChI is InChI=1S/C20H25N3O3S/c1-16-9-11-18(12-10-16)22-20(24)21-15-17-7-3-4-8-19(17)27(25,26)23-13-5-2-6-14-23/h3-4,7-12H,2,5-6,13-15H2,1H3,(H2,21,22,24). The molecule has 2 N–H and O–H groups in total. The molecule has 0 saturated carbocycles. The molecule has 0 atom stereocenters. The minimum absolute atomic E-state index is 0.140. The third-order valence-electron chi connectivity index (χ3n) is 4.65. The highest BCUT2D eigenvalue weighted by molar-refractivity contribution is 7.89. The van der Waals surface area contributed by atoms with Crippen molar-refractivity contribution >= 4 is 21.7 Å². The van der Waals surface area contributed by atoms with Gasteiger partial charge in [0.1, 0.15) is 0 Å². The molecule has 2 amide bonds. The van der Waals surface area contributed by atoms with E-state index in [-0.39, 0.29) is 17.5 Å². The van der Waals surface area contributed by atoms with Crippen molar-refractivity contribution in [1.29, 1.82) is 0 Å². The number of amides is 2. The van der Waals surface area contributed by atoms with Gasteiger partial charge in [-0.05, 0) is 43.5 Å². The molecule has 1 fully saturated rings. The van der Waals surface area contributed by atoms with Crippen molar-refractivity contribution in [2.24, 2.45) is 0 Å². The summed E-state index contributed by atoms with van der Waals surface area (Å²) in [5.41, 5.74) is 2.38. The first-order valence-corrected chi connectivity index (χ1v) is 10.6. The minimum Gasteiger partial charge on any atom is -0.334 e. The average Bonchev–Trinajstić information content (AvgIpc) is 2.69. The Morgan fingerprint density at radius 1 is 1.00 bits per heavy atom. The number of nitrogens with one attached hydrogen (secondary N) is 2. The number of urea groups is 1. The third kappa shape index (κ3) is 4.87. The van der Waals surface area contributed by atoms with Crippen LogP contribution in [0.5, 0.6) is 0 Å². The number of hydrogen-bond acceptors (Lipinski definition) is 3. The van der Waals surface area contributed by atoms with Crippen LogP contribution < -0.4 is 10.6 Å². The van der Waals surface area contributed by atoms with Crippen molar-refractivity contribution in [3.63, 3.8) is 0 Å². The van der Waals surface area contributed by atoms with Crippen LogP contribution in [0.2, 0.25) is 0 Å². The van der Waals surface area contributed by atoms with Crippen molar-refractivity contribution in [3.05, 3.63) is 59.7 Å². The maximum Gasteiger partial charge on any atom is 0.319 e. The zero-order valence-electron chi connectivity index (χ0n) is 15.4. The highest BCUT2D eigenvalue weighted by Gasteiger charge is 2.27. The van der Waals surface area contributed by atoms with Crippen LogP contribution in [0.15, 0.2) is 53.4 Å². The van der Waals surface area contributed by atoms with Crippen molar-refractivity contribution in [1.82, 2.24) is 9.62 Å². The molecule has 7 heteroatoms. The van der Waals surface area contributed by atoms with E-state index < -0.39 is 10.0 Å². The van der Waals surface area contributed by atoms with E-state index in [1.807, 2.05) is 31.2 Å². The first-order valence-electron chi connectivity index (χ1n) is 9.16. The Bertz CT molecular complexity index is 889. The molecular formula is C20H25N3O3S. The van der Waals surface area contributed by atoms with Crippen LogP contribution in [-0.4, -0.2) is 31.8 Å². The van der Waals surface area contributed by atoms with E-state index in [1.54, 1.807) is 28.6 Å². The number of piperidine rings is 1. The maximum absolute atomic E-state index is 13.0. The molecule has 0 aromatic heterocycles. The molecule has 2 aromatic carbocycles. The average molecular weight is 388 g/mol. The van der Waals surface area contributed by atoms with Gasteiger partial charge in [-0.3, -0.25) is 0 Å². The van der Waals surface area contributed by atoms with E-state index in [0.717, 1.165) is 24.8 Å². The normalized spacial score (nSPS) is 15.3. The van der Waals surface area contributed by atoms with Crippen LogP contribution in [0.4, 0.5) is 10.5 Å². The maximum atomic E-state index is 13.0. The second-order valence-electron chi connectivity index (χ2n) is 6.75. The lowest BCUT2D eigenvalue weighted by Crippen LogP contribution is -2.36. The summed E-state index contributed by atoms with van der Waals surface area (Å²) in [6.07, 6.45) is 2.84. The molecular weight excluding hydrogens is 362 g/mol. The summed E-state index contributed by atoms with van der Waals surface area (Å²) < 4.78 is 27.5. The van der Waals surface area contributed by atoms with Gasteiger partial charge in [-0.15, -0.1) is 0 Å². The second-order valence-corrected chi connectivity index (χ2v) is 8.65. The lowest BCUT2D eigenvalue weighted by molar-refractivity contribution is 0.251. The molecule has 1 aliphatic heterocycles. The largest absolute Gasteiger partial charge is 0.334 e. The molecule has 0 unspecified atom stereocenters. The summed E-state index contributed by atoms with van der Waals surface area (Å²) in [5, 5.41) is 5.50. The Morgan fingerprint density at radius 2 is 1.67 bits per heavy atom. The minimum atomic E-state index is -3.54. The number of hydrogen-bond donors (Lipinski definition) is 2. The van der Waals surface area contributed by atoms with Gasteiger partial charge in [0.25, 0.3) is 0 Å². The van der Waals surface area contributed by atoms with Crippen molar-refractivity contribution in [3.8, 4) is 0 Å². The van der Waals surface area contributed by atoms with E-state index in [2.05, 4.69) is 10.6 Å². The molecule has 0 spiro atoms. The fraction of sp³-hybridized carbons (Fsp3) is 0.350. The summed E-state index contributed by atoms with van der Waals surface area (Å²) in [5.74, 6) is 0. The van der Waals surface area contributed by atoms with Crippen LogP contribution in [0.1, 0.15) is 30.4 Å². The quantitative estimate of drug-likeness (QED) is 0.824. The number of sulfonamides is 1. The van der Waals surface area contributed by atoms with Gasteiger partial charge in [-0.2, -0.15) is 4.31 Å². The van der Waals surface area contributed by atoms with Crippen molar-refractivity contribution in [2.75, 3.05) is 18.4 Å². The third-order valence-corrected chi connectivity index (χ3v) is 6.65. The number of rotatable bonds is 5. The lowest BCUT2D eigenvalue weighted by Gasteiger charge is -2.26. The topological polar surface area (TPSA) is 78.5 Å². The number of carbonyl (C=O) groups is 1. The summed E-state index contributed by atoms with van der Waals surface area (Å²) in [7, 11) is -3.54. The second kappa shape index (κ2) is 8.54. The molecule has 0 bridgehead atoms. The summed E-state index contributed by atoms with van der Waals surface area (Å²) >= 11 is 0. The smallest absolute Gasteiger partial charge is 0.319 e. The van der Waals surface area contributed by atoms with Gasteiger partial charge >= 0.3 is 6.03 Å². The Labute approximate surface area is 160 Å². The molecule has 2 aromatic rings. The van der Waals surface area contributed by atoms with E-state index in [4.69, 9.17) is 0 Å². The van der Waals surface area contributed by atoms with Crippen LogP contribution in [0, 0.1) is 6.92 Å². The Hall–Kier alpha value is -2.38. The first kappa shape index (κ1) is 19.4. The highest BCUT2D eigenvalue weighted by Crippen LogP contribution is 2.23. The van der Waals surface area contributed by atoms with Crippen LogP contribution in [0.3, 0.4) is 0 Å². The fourth-order valence-corrected chi connectivity index (χ4v) is 4.87. The number of nitrogens with zero attached hydrogens (tertiary/aromatic N) is 1. The van der Waals surface area contributed by atoms with Crippen LogP contribution >= 0.6 is 0 Å². The summed E-state index contributed by atoms with van der Waals surface area (Å²) in [6.45, 7) is 3.22. The Balaban J connectivity index is 1.68. The molecule has 27 heavy (non-hydrogen) atoms. The van der Waals surface area contributed by atoms with Gasteiger partial charge in [0.2, 0.25) is 10.0 Å². The van der Waals surface area contributed by atoms with Gasteiger partial charge in [0.05, 0.1) is 4.90 Å². The Kier molecular flexibility index (Phi) is 6.13. The first-order chi connectivity index (χ1) is 13.0. The van der Waals surface area contributed by atoms with E-state index >= 15 is 0 Å². The van der Waals surface area contributed by atoms with Gasteiger partial charge in [-0.1, -0.05) is 42.3 Å². The summed E-state index contributed by atoms with van der Waals surface area (Å²) in [4.78, 5) is 12.4. The number of aryl methyl sites for hydroxylation is 1. The van der Waals surface area contributed by atoms with Crippen LogP contribution in [-0.2, 0) is 16.6 Å². The molecule has 3 rings (SSSR count). The molecule has 1 saturated heterocycles. The van der Waals surface area contributed by atoms with E-state index in [1.165, 1.54) is 0 Å². The Morgan fingerprint density at radius 3 is 2.37 bits per heavy atom. The van der Waals surface area contributed by atoms with Gasteiger partial charge < -0.3 is 10.6 Å². The molecule has 1 aliphatic rings. The van der Waals surface area contributed by atoms with Crippen molar-refractivity contribution < 1.29 is 13.2 Å². The van der Waals surface area contributed by atoms with Gasteiger partial charge in [-0.25, -0.2) is 13.2 Å². The predicted octanol–water partition coefficient (Wildman–Crippen LogP) is 3.49. The zero-order valence-corrected chi connectivity index (χ0v) is 16.3. The molecule has 6 nitrogen and oxygen atoms in total. The lowest BCUT2D eigenvalue weighted by atomic mass is 10.2. The number of anilines is 1. The SMILES string of the molecule is Cc1ccc(NC(=O)NCc2ccccc2S(=O)(=O)N2CCCCC2)cc1. The predicted molar refractivity (Wildman–Crippen MR) is 106 cm³/mol. The van der Waals surface area contributed by atoms with Crippen molar-refractivity contribution in [2.45, 2.75) is 37.6 Å². The molecule has 144 valence electrons. The highest BCUT2D eigenvalue weighted by atomic mass is 32.2. The van der Waals surface area contributed by atoms with Gasteiger partial charge in [0.15, 0.2) is 0 Å². The molecule has 0 radical (unpaired) electrons. The number of benzene rings is 2. The number of carbonyl (C=O) groups excluding carboxylic acids is 1. The van der Waals surface area contributed by atoms with Gasteiger partial charge in [0, 0.05) is 25.3 Å². The molecule has 0 aliphatic carbocycles. The zero-order chi connectivity index (χ0) is 19.3. The monoisotopic (exact) mass is 387 g/mol. The summed E-state index contributed by atoms with van der Waals surface area (Å²) in [6, 6.07) is 13.9. The van der Waals surface area contributed by atoms with E-state index in [0.29, 0.717) is 24.3 Å².